The van der Waals surface area contributed by atoms with Crippen LogP contribution < -0.4 is 5.32 Å². The highest BCUT2D eigenvalue weighted by Crippen LogP contribution is 2.25. The molecule has 128 valence electrons. The fourth-order valence-corrected chi connectivity index (χ4v) is 2.45. The number of benzene rings is 1. The summed E-state index contributed by atoms with van der Waals surface area (Å²) in [5.41, 5.74) is 0.271. The molecule has 5 amide bonds. The summed E-state index contributed by atoms with van der Waals surface area (Å²) in [5, 5.41) is 3.04. The van der Waals surface area contributed by atoms with E-state index in [9.17, 15) is 19.2 Å². The van der Waals surface area contributed by atoms with Gasteiger partial charge < -0.3 is 10.1 Å². The number of ether oxygens (including phenoxy) is 1. The molecule has 1 aromatic carbocycles. The molecule has 24 heavy (non-hydrogen) atoms. The van der Waals surface area contributed by atoms with Gasteiger partial charge in [-0.1, -0.05) is 23.2 Å². The van der Waals surface area contributed by atoms with E-state index in [1.165, 1.54) is 25.3 Å². The van der Waals surface area contributed by atoms with Crippen LogP contribution in [0.5, 0.6) is 0 Å². The maximum Gasteiger partial charge on any atom is 0.334 e. The lowest BCUT2D eigenvalue weighted by atomic mass is 10.3. The Morgan fingerprint density at radius 2 is 1.83 bits per heavy atom. The Bertz CT molecular complexity index is 710. The highest BCUT2D eigenvalue weighted by atomic mass is 35.5. The van der Waals surface area contributed by atoms with Crippen molar-refractivity contribution in [2.24, 2.45) is 0 Å². The van der Waals surface area contributed by atoms with Crippen LogP contribution in [0.2, 0.25) is 10.0 Å². The van der Waals surface area contributed by atoms with E-state index in [1.807, 2.05) is 0 Å². The third kappa shape index (κ3) is 3.84. The van der Waals surface area contributed by atoms with Gasteiger partial charge in [0.2, 0.25) is 5.91 Å². The minimum Gasteiger partial charge on any atom is -0.383 e. The Morgan fingerprint density at radius 1 is 1.17 bits per heavy atom. The Morgan fingerprint density at radius 3 is 2.46 bits per heavy atom. The van der Waals surface area contributed by atoms with E-state index < -0.39 is 30.3 Å². The van der Waals surface area contributed by atoms with Gasteiger partial charge in [0.05, 0.1) is 23.9 Å². The molecular weight excluding hydrogens is 361 g/mol. The van der Waals surface area contributed by atoms with E-state index >= 15 is 0 Å². The predicted octanol–water partition coefficient (Wildman–Crippen LogP) is 1.37. The quantitative estimate of drug-likeness (QED) is 0.599. The fraction of sp³-hybridized carbons (Fsp3) is 0.286. The van der Waals surface area contributed by atoms with Crippen molar-refractivity contribution >= 4 is 52.6 Å². The van der Waals surface area contributed by atoms with Gasteiger partial charge in [-0.15, -0.1) is 0 Å². The Kier molecular flexibility index (Phi) is 5.76. The molecule has 0 unspecified atom stereocenters. The number of rotatable bonds is 6. The molecule has 1 aromatic rings. The second kappa shape index (κ2) is 7.61. The lowest BCUT2D eigenvalue weighted by Crippen LogP contribution is -2.39. The minimum atomic E-state index is -1.06. The molecular formula is C14H13Cl2N3O5. The second-order valence-electron chi connectivity index (χ2n) is 4.80. The van der Waals surface area contributed by atoms with Crippen molar-refractivity contribution in [1.29, 1.82) is 0 Å². The number of anilines is 1. The van der Waals surface area contributed by atoms with Gasteiger partial charge in [-0.25, -0.2) is 9.69 Å². The molecule has 8 nitrogen and oxygen atoms in total. The van der Waals surface area contributed by atoms with Crippen LogP contribution >= 0.6 is 23.2 Å². The summed E-state index contributed by atoms with van der Waals surface area (Å²) in [6, 6.07) is 3.57. The van der Waals surface area contributed by atoms with Crippen molar-refractivity contribution in [2.75, 3.05) is 32.1 Å². The second-order valence-corrected chi connectivity index (χ2v) is 5.64. The molecule has 1 aliphatic rings. The number of methoxy groups -OCH3 is 1. The smallest absolute Gasteiger partial charge is 0.334 e. The molecule has 0 bridgehead atoms. The van der Waals surface area contributed by atoms with Gasteiger partial charge in [0.15, 0.2) is 0 Å². The number of carbonyl (C=O) groups is 4. The third-order valence-corrected chi connectivity index (χ3v) is 3.71. The van der Waals surface area contributed by atoms with Gasteiger partial charge in [0.25, 0.3) is 0 Å². The minimum absolute atomic E-state index is 0.0684. The highest BCUT2D eigenvalue weighted by Gasteiger charge is 2.44. The number of nitrogens with one attached hydrogen (secondary N) is 1. The van der Waals surface area contributed by atoms with Gasteiger partial charge in [0.1, 0.15) is 6.54 Å². The number of urea groups is 1. The molecule has 0 radical (unpaired) electrons. The van der Waals surface area contributed by atoms with E-state index in [0.29, 0.717) is 9.92 Å². The van der Waals surface area contributed by atoms with Gasteiger partial charge in [0, 0.05) is 12.1 Å². The number of amides is 5. The summed E-state index contributed by atoms with van der Waals surface area (Å²) in [6.07, 6.45) is 0. The molecule has 0 aromatic heterocycles. The average molecular weight is 374 g/mol. The average Bonchev–Trinajstić information content (AvgIpc) is 2.72. The topological polar surface area (TPSA) is 96.0 Å². The molecule has 1 heterocycles. The Balaban J connectivity index is 2.04. The van der Waals surface area contributed by atoms with Crippen LogP contribution in [0, 0.1) is 0 Å². The van der Waals surface area contributed by atoms with Gasteiger partial charge >= 0.3 is 17.8 Å². The van der Waals surface area contributed by atoms with Crippen molar-refractivity contribution in [3.63, 3.8) is 0 Å². The van der Waals surface area contributed by atoms with Gasteiger partial charge in [-0.2, -0.15) is 0 Å². The summed E-state index contributed by atoms with van der Waals surface area (Å²) in [5.74, 6) is -2.73. The zero-order valence-electron chi connectivity index (χ0n) is 12.5. The SMILES string of the molecule is COCCN1C(=O)C(=O)N(CC(=O)Nc2ccc(Cl)cc2Cl)C1=O. The van der Waals surface area contributed by atoms with E-state index in [4.69, 9.17) is 27.9 Å². The van der Waals surface area contributed by atoms with E-state index in [1.54, 1.807) is 0 Å². The summed E-state index contributed by atoms with van der Waals surface area (Å²) in [7, 11) is 1.40. The normalized spacial score (nSPS) is 14.5. The van der Waals surface area contributed by atoms with Crippen LogP contribution in [-0.4, -0.2) is 60.4 Å². The highest BCUT2D eigenvalue weighted by molar-refractivity contribution is 6.45. The summed E-state index contributed by atoms with van der Waals surface area (Å²) in [6.45, 7) is -0.585. The monoisotopic (exact) mass is 373 g/mol. The van der Waals surface area contributed by atoms with Crippen LogP contribution in [0.1, 0.15) is 0 Å². The number of hydrogen-bond acceptors (Lipinski definition) is 5. The number of carbonyl (C=O) groups excluding carboxylic acids is 4. The van der Waals surface area contributed by atoms with Crippen molar-refractivity contribution in [3.05, 3.63) is 28.2 Å². The van der Waals surface area contributed by atoms with E-state index in [-0.39, 0.29) is 23.9 Å². The third-order valence-electron chi connectivity index (χ3n) is 3.16. The van der Waals surface area contributed by atoms with Crippen LogP contribution in [0.4, 0.5) is 10.5 Å². The summed E-state index contributed by atoms with van der Waals surface area (Å²) < 4.78 is 4.77. The molecule has 1 aliphatic heterocycles. The number of imide groups is 2. The van der Waals surface area contributed by atoms with Crippen molar-refractivity contribution in [2.45, 2.75) is 0 Å². The Labute approximate surface area is 147 Å². The zero-order chi connectivity index (χ0) is 17.9. The first-order valence-electron chi connectivity index (χ1n) is 6.76. The van der Waals surface area contributed by atoms with Crippen LogP contribution in [0.15, 0.2) is 18.2 Å². The van der Waals surface area contributed by atoms with Gasteiger partial charge in [-0.3, -0.25) is 19.3 Å². The number of halogens is 2. The Hall–Kier alpha value is -2.16. The first-order chi connectivity index (χ1) is 11.3. The van der Waals surface area contributed by atoms with Crippen molar-refractivity contribution in [3.8, 4) is 0 Å². The van der Waals surface area contributed by atoms with Crippen molar-refractivity contribution in [1.82, 2.24) is 9.80 Å². The molecule has 1 saturated heterocycles. The first-order valence-corrected chi connectivity index (χ1v) is 7.52. The fourth-order valence-electron chi connectivity index (χ4n) is 1.99. The molecule has 2 rings (SSSR count). The molecule has 0 aliphatic carbocycles. The summed E-state index contributed by atoms with van der Waals surface area (Å²) >= 11 is 11.7. The molecule has 1 fully saturated rings. The standard InChI is InChI=1S/C14H13Cl2N3O5/c1-24-5-4-18-12(21)13(22)19(14(18)23)7-11(20)17-10-3-2-8(15)6-9(10)16/h2-3,6H,4-5,7H2,1H3,(H,17,20). The molecule has 0 atom stereocenters. The molecule has 10 heteroatoms. The van der Waals surface area contributed by atoms with E-state index in [2.05, 4.69) is 5.32 Å². The lowest BCUT2D eigenvalue weighted by molar-refractivity contribution is -0.143. The maximum atomic E-state index is 12.1. The first kappa shape index (κ1) is 18.2. The van der Waals surface area contributed by atoms with Crippen LogP contribution in [0.25, 0.3) is 0 Å². The number of nitrogens with zero attached hydrogens (tertiary/aromatic N) is 2. The molecule has 0 saturated carbocycles. The summed E-state index contributed by atoms with van der Waals surface area (Å²) in [4.78, 5) is 49.0. The number of hydrogen-bond donors (Lipinski definition) is 1. The van der Waals surface area contributed by atoms with Gasteiger partial charge in [-0.05, 0) is 18.2 Å². The predicted molar refractivity (Wildman–Crippen MR) is 85.8 cm³/mol. The van der Waals surface area contributed by atoms with E-state index in [0.717, 1.165) is 4.90 Å². The zero-order valence-corrected chi connectivity index (χ0v) is 14.1. The largest absolute Gasteiger partial charge is 0.383 e. The van der Waals surface area contributed by atoms with Crippen LogP contribution in [-0.2, 0) is 19.1 Å². The lowest BCUT2D eigenvalue weighted by Gasteiger charge is -2.15. The molecule has 1 N–H and O–H groups in total. The van der Waals surface area contributed by atoms with Crippen LogP contribution in [0.3, 0.4) is 0 Å². The van der Waals surface area contributed by atoms with Crippen molar-refractivity contribution < 1.29 is 23.9 Å². The molecule has 0 spiro atoms. The maximum absolute atomic E-state index is 12.1.